The fraction of sp³-hybridized carbons (Fsp3) is 0.333. The first-order valence-corrected chi connectivity index (χ1v) is 4.93. The Kier molecular flexibility index (Phi) is 4.15. The highest BCUT2D eigenvalue weighted by atomic mass is 79.9. The second-order valence-corrected chi connectivity index (χ2v) is 2.99. The average molecular weight is 251 g/mol. The number of alkyl halides is 2. The van der Waals surface area contributed by atoms with Gasteiger partial charge in [0.15, 0.2) is 0 Å². The first-order chi connectivity index (χ1) is 6.27. The maximum absolute atomic E-state index is 13.1. The topological polar surface area (TPSA) is 9.23 Å². The second-order valence-electron chi connectivity index (χ2n) is 2.42. The van der Waals surface area contributed by atoms with Crippen LogP contribution >= 0.6 is 15.9 Å². The lowest BCUT2D eigenvalue weighted by Crippen LogP contribution is -1.99. The zero-order chi connectivity index (χ0) is 9.68. The molecule has 0 atom stereocenters. The molecule has 1 rings (SSSR count). The van der Waals surface area contributed by atoms with Gasteiger partial charge in [0.2, 0.25) is 0 Å². The van der Waals surface area contributed by atoms with Gasteiger partial charge in [-0.3, -0.25) is 0 Å². The van der Waals surface area contributed by atoms with E-state index in [0.717, 1.165) is 0 Å². The summed E-state index contributed by atoms with van der Waals surface area (Å²) in [5.41, 5.74) is 0.563. The smallest absolute Gasteiger partial charge is 0.130 e. The van der Waals surface area contributed by atoms with E-state index in [-0.39, 0.29) is 12.4 Å². The SMILES string of the molecule is FCCOc1ccc(CBr)c(F)c1. The summed E-state index contributed by atoms with van der Waals surface area (Å²) in [5, 5.41) is 0.461. The highest BCUT2D eigenvalue weighted by molar-refractivity contribution is 9.08. The van der Waals surface area contributed by atoms with Crippen molar-refractivity contribution in [3.63, 3.8) is 0 Å². The molecule has 1 aromatic rings. The van der Waals surface area contributed by atoms with Crippen molar-refractivity contribution in [3.8, 4) is 5.75 Å². The van der Waals surface area contributed by atoms with E-state index in [2.05, 4.69) is 15.9 Å². The molecule has 0 radical (unpaired) electrons. The highest BCUT2D eigenvalue weighted by Crippen LogP contribution is 2.18. The van der Waals surface area contributed by atoms with Crippen LogP contribution < -0.4 is 4.74 Å². The minimum atomic E-state index is -0.568. The molecule has 72 valence electrons. The molecule has 0 aromatic heterocycles. The molecule has 0 spiro atoms. The van der Waals surface area contributed by atoms with Gasteiger partial charge in [-0.15, -0.1) is 0 Å². The van der Waals surface area contributed by atoms with Crippen molar-refractivity contribution >= 4 is 15.9 Å². The van der Waals surface area contributed by atoms with Crippen LogP contribution in [0.3, 0.4) is 0 Å². The molecule has 1 aromatic carbocycles. The fourth-order valence-electron chi connectivity index (χ4n) is 0.883. The molecule has 0 aliphatic heterocycles. The molecule has 1 nitrogen and oxygen atoms in total. The van der Waals surface area contributed by atoms with Gasteiger partial charge in [-0.2, -0.15) is 0 Å². The Morgan fingerprint density at radius 1 is 1.38 bits per heavy atom. The van der Waals surface area contributed by atoms with E-state index in [1.54, 1.807) is 12.1 Å². The predicted molar refractivity (Wildman–Crippen MR) is 50.5 cm³/mol. The van der Waals surface area contributed by atoms with Crippen molar-refractivity contribution in [1.82, 2.24) is 0 Å². The molecule has 0 saturated carbocycles. The summed E-state index contributed by atoms with van der Waals surface area (Å²) in [6.45, 7) is -0.602. The van der Waals surface area contributed by atoms with Crippen LogP contribution in [0.2, 0.25) is 0 Å². The van der Waals surface area contributed by atoms with Gasteiger partial charge < -0.3 is 4.74 Å². The summed E-state index contributed by atoms with van der Waals surface area (Å²) in [5.74, 6) is 0.0214. The van der Waals surface area contributed by atoms with Crippen LogP contribution in [0.5, 0.6) is 5.75 Å². The summed E-state index contributed by atoms with van der Waals surface area (Å²) in [7, 11) is 0. The Labute approximate surface area is 83.8 Å². The molecule has 0 heterocycles. The van der Waals surface area contributed by atoms with E-state index >= 15 is 0 Å². The van der Waals surface area contributed by atoms with Crippen molar-refractivity contribution in [1.29, 1.82) is 0 Å². The molecular formula is C9H9BrF2O. The lowest BCUT2D eigenvalue weighted by Gasteiger charge is -2.04. The van der Waals surface area contributed by atoms with Crippen molar-refractivity contribution in [3.05, 3.63) is 29.6 Å². The van der Waals surface area contributed by atoms with E-state index in [1.807, 2.05) is 0 Å². The minimum Gasteiger partial charge on any atom is -0.491 e. The van der Waals surface area contributed by atoms with E-state index in [0.29, 0.717) is 16.6 Å². The van der Waals surface area contributed by atoms with Crippen molar-refractivity contribution in [2.75, 3.05) is 13.3 Å². The molecule has 0 fully saturated rings. The normalized spacial score (nSPS) is 10.1. The summed E-state index contributed by atoms with van der Waals surface area (Å²) in [6.07, 6.45) is 0. The highest BCUT2D eigenvalue weighted by Gasteiger charge is 2.02. The summed E-state index contributed by atoms with van der Waals surface area (Å²) in [6, 6.07) is 4.49. The number of hydrogen-bond acceptors (Lipinski definition) is 1. The monoisotopic (exact) mass is 250 g/mol. The van der Waals surface area contributed by atoms with Gasteiger partial charge in [-0.1, -0.05) is 22.0 Å². The van der Waals surface area contributed by atoms with Gasteiger partial charge in [-0.25, -0.2) is 8.78 Å². The van der Waals surface area contributed by atoms with Gasteiger partial charge in [0.05, 0.1) is 0 Å². The maximum atomic E-state index is 13.1. The van der Waals surface area contributed by atoms with Crippen molar-refractivity contribution in [2.45, 2.75) is 5.33 Å². The Balaban J connectivity index is 2.71. The third-order valence-corrected chi connectivity index (χ3v) is 2.12. The van der Waals surface area contributed by atoms with Gasteiger partial charge in [0.1, 0.15) is 24.8 Å². The summed E-state index contributed by atoms with van der Waals surface area (Å²) in [4.78, 5) is 0. The lowest BCUT2D eigenvalue weighted by atomic mass is 10.2. The fourth-order valence-corrected chi connectivity index (χ4v) is 1.34. The Morgan fingerprint density at radius 2 is 2.15 bits per heavy atom. The Hall–Kier alpha value is -0.640. The number of halogens is 3. The van der Waals surface area contributed by atoms with E-state index in [4.69, 9.17) is 4.74 Å². The van der Waals surface area contributed by atoms with Gasteiger partial charge >= 0.3 is 0 Å². The molecule has 0 saturated heterocycles. The summed E-state index contributed by atoms with van der Waals surface area (Å²) >= 11 is 3.14. The molecule has 13 heavy (non-hydrogen) atoms. The molecule has 0 aliphatic carbocycles. The Morgan fingerprint density at radius 3 is 2.69 bits per heavy atom. The van der Waals surface area contributed by atoms with Crippen LogP contribution in [0.1, 0.15) is 5.56 Å². The van der Waals surface area contributed by atoms with Crippen LogP contribution in [0.15, 0.2) is 18.2 Å². The van der Waals surface area contributed by atoms with Crippen LogP contribution in [-0.4, -0.2) is 13.3 Å². The molecule has 0 aliphatic rings. The Bertz CT molecular complexity index is 278. The van der Waals surface area contributed by atoms with E-state index in [9.17, 15) is 8.78 Å². The number of benzene rings is 1. The van der Waals surface area contributed by atoms with E-state index in [1.165, 1.54) is 6.07 Å². The zero-order valence-corrected chi connectivity index (χ0v) is 8.48. The van der Waals surface area contributed by atoms with E-state index < -0.39 is 6.67 Å². The van der Waals surface area contributed by atoms with Gasteiger partial charge in [0.25, 0.3) is 0 Å². The van der Waals surface area contributed by atoms with Gasteiger partial charge in [0, 0.05) is 11.4 Å². The average Bonchev–Trinajstić information content (AvgIpc) is 2.15. The third kappa shape index (κ3) is 2.95. The number of ether oxygens (including phenoxy) is 1. The standard InChI is InChI=1S/C9H9BrF2O/c10-6-7-1-2-8(5-9(7)12)13-4-3-11/h1-2,5H,3-4,6H2. The summed E-state index contributed by atoms with van der Waals surface area (Å²) < 4.78 is 29.7. The third-order valence-electron chi connectivity index (χ3n) is 1.51. The maximum Gasteiger partial charge on any atom is 0.130 e. The van der Waals surface area contributed by atoms with Crippen LogP contribution in [0.4, 0.5) is 8.78 Å². The second kappa shape index (κ2) is 5.17. The number of hydrogen-bond donors (Lipinski definition) is 0. The van der Waals surface area contributed by atoms with Crippen LogP contribution in [0, 0.1) is 5.82 Å². The zero-order valence-electron chi connectivity index (χ0n) is 6.90. The first-order valence-electron chi connectivity index (χ1n) is 3.81. The van der Waals surface area contributed by atoms with Gasteiger partial charge in [-0.05, 0) is 11.6 Å². The van der Waals surface area contributed by atoms with Crippen LogP contribution in [-0.2, 0) is 5.33 Å². The molecule has 0 amide bonds. The molecule has 0 bridgehead atoms. The lowest BCUT2D eigenvalue weighted by molar-refractivity contribution is 0.272. The predicted octanol–water partition coefficient (Wildman–Crippen LogP) is 3.07. The first kappa shape index (κ1) is 10.4. The van der Waals surface area contributed by atoms with Crippen LogP contribution in [0.25, 0.3) is 0 Å². The number of rotatable bonds is 4. The van der Waals surface area contributed by atoms with Crippen molar-refractivity contribution < 1.29 is 13.5 Å². The molecule has 0 unspecified atom stereocenters. The molecular weight excluding hydrogens is 242 g/mol. The quantitative estimate of drug-likeness (QED) is 0.747. The largest absolute Gasteiger partial charge is 0.491 e. The minimum absolute atomic E-state index is 0.0346. The molecule has 0 N–H and O–H groups in total. The molecule has 4 heteroatoms. The van der Waals surface area contributed by atoms with Crippen molar-refractivity contribution in [2.24, 2.45) is 0 Å².